The van der Waals surface area contributed by atoms with E-state index in [0.717, 1.165) is 26.2 Å². The van der Waals surface area contributed by atoms with E-state index in [-0.39, 0.29) is 0 Å². The molecule has 0 aliphatic heterocycles. The lowest BCUT2D eigenvalue weighted by molar-refractivity contribution is -0.128. The number of carbonyl (C=O) groups excluding carboxylic acids is 1. The fraction of sp³-hybridized carbons (Fsp3) is 0. The Morgan fingerprint density at radius 1 is 1.25 bits per heavy atom. The van der Waals surface area contributed by atoms with Gasteiger partial charge in [-0.05, 0) is 10.6 Å². The number of esters is 1. The molecule has 0 saturated carbocycles. The molecule has 0 aliphatic rings. The monoisotopic (exact) mass is 228 g/mol. The van der Waals surface area contributed by atoms with Crippen LogP contribution in [0.25, 0.3) is 10.8 Å². The van der Waals surface area contributed by atoms with Gasteiger partial charge in [0.25, 0.3) is 0 Å². The second kappa shape index (κ2) is 4.33. The van der Waals surface area contributed by atoms with Crippen LogP contribution < -0.4 is 9.92 Å². The number of benzene rings is 2. The van der Waals surface area contributed by atoms with Crippen LogP contribution in [0.15, 0.2) is 49.1 Å². The van der Waals surface area contributed by atoms with E-state index in [1.165, 1.54) is 6.08 Å². The van der Waals surface area contributed by atoms with Crippen molar-refractivity contribution in [3.8, 4) is 5.75 Å². The fourth-order valence-electron chi connectivity index (χ4n) is 1.63. The SMILES string of the molecule is C=CC(=O)Oc1c([SiH3])ccc2ccccc12. The van der Waals surface area contributed by atoms with Gasteiger partial charge < -0.3 is 4.74 Å². The maximum absolute atomic E-state index is 11.3. The molecule has 3 heteroatoms. The minimum absolute atomic E-state index is 0.409. The molecule has 0 atom stereocenters. The third-order valence-corrected chi connectivity index (χ3v) is 3.23. The van der Waals surface area contributed by atoms with Crippen molar-refractivity contribution >= 4 is 32.2 Å². The van der Waals surface area contributed by atoms with Gasteiger partial charge >= 0.3 is 5.97 Å². The molecule has 0 bridgehead atoms. The molecular weight excluding hydrogens is 216 g/mol. The van der Waals surface area contributed by atoms with E-state index >= 15 is 0 Å². The Morgan fingerprint density at radius 2 is 2.00 bits per heavy atom. The number of rotatable bonds is 2. The molecule has 0 amide bonds. The lowest BCUT2D eigenvalue weighted by Crippen LogP contribution is -2.13. The number of carbonyl (C=O) groups is 1. The summed E-state index contributed by atoms with van der Waals surface area (Å²) < 4.78 is 5.29. The second-order valence-electron chi connectivity index (χ2n) is 3.56. The average Bonchev–Trinajstić information content (AvgIpc) is 2.32. The van der Waals surface area contributed by atoms with Crippen LogP contribution in [0.4, 0.5) is 0 Å². The highest BCUT2D eigenvalue weighted by Gasteiger charge is 2.08. The number of hydrogen-bond donors (Lipinski definition) is 0. The van der Waals surface area contributed by atoms with E-state index in [2.05, 4.69) is 6.58 Å². The first-order chi connectivity index (χ1) is 7.72. The zero-order valence-electron chi connectivity index (χ0n) is 9.07. The molecule has 16 heavy (non-hydrogen) atoms. The van der Waals surface area contributed by atoms with Crippen molar-refractivity contribution in [2.45, 2.75) is 0 Å². The van der Waals surface area contributed by atoms with Gasteiger partial charge in [0, 0.05) is 21.7 Å². The molecule has 0 unspecified atom stereocenters. The van der Waals surface area contributed by atoms with Gasteiger partial charge in [-0.3, -0.25) is 0 Å². The third-order valence-electron chi connectivity index (χ3n) is 2.45. The van der Waals surface area contributed by atoms with Crippen LogP contribution in [0.2, 0.25) is 0 Å². The zero-order valence-corrected chi connectivity index (χ0v) is 11.1. The molecule has 0 radical (unpaired) electrons. The van der Waals surface area contributed by atoms with Crippen molar-refractivity contribution in [1.29, 1.82) is 0 Å². The van der Waals surface area contributed by atoms with Crippen molar-refractivity contribution in [3.63, 3.8) is 0 Å². The molecule has 2 nitrogen and oxygen atoms in total. The highest BCUT2D eigenvalue weighted by molar-refractivity contribution is 6.36. The average molecular weight is 228 g/mol. The molecular formula is C13H12O2Si. The van der Waals surface area contributed by atoms with Crippen molar-refractivity contribution in [3.05, 3.63) is 49.1 Å². The summed E-state index contributed by atoms with van der Waals surface area (Å²) in [4.78, 5) is 11.3. The van der Waals surface area contributed by atoms with Crippen LogP contribution in [0.3, 0.4) is 0 Å². The molecule has 0 heterocycles. The standard InChI is InChI=1S/C13H12O2Si/c1-2-12(14)15-13-10-6-4-3-5-9(10)7-8-11(13)16/h2-8H,1H2,16H3. The first kappa shape index (κ1) is 10.6. The van der Waals surface area contributed by atoms with Crippen molar-refractivity contribution < 1.29 is 9.53 Å². The van der Waals surface area contributed by atoms with Crippen LogP contribution in [-0.2, 0) is 4.79 Å². The van der Waals surface area contributed by atoms with Crippen LogP contribution in [0.1, 0.15) is 0 Å². The Labute approximate surface area is 97.0 Å². The van der Waals surface area contributed by atoms with E-state index in [0.29, 0.717) is 5.75 Å². The molecule has 0 spiro atoms. The Bertz CT molecular complexity index is 561. The van der Waals surface area contributed by atoms with Gasteiger partial charge in [-0.15, -0.1) is 0 Å². The van der Waals surface area contributed by atoms with Crippen molar-refractivity contribution in [2.24, 2.45) is 0 Å². The first-order valence-electron chi connectivity index (χ1n) is 5.05. The van der Waals surface area contributed by atoms with Crippen molar-refractivity contribution in [2.75, 3.05) is 0 Å². The summed E-state index contributed by atoms with van der Waals surface area (Å²) in [5.74, 6) is 0.267. The maximum Gasteiger partial charge on any atom is 0.335 e. The third kappa shape index (κ3) is 1.90. The molecule has 0 saturated heterocycles. The predicted molar refractivity (Wildman–Crippen MR) is 69.4 cm³/mol. The molecule has 0 aliphatic carbocycles. The summed E-state index contributed by atoms with van der Waals surface area (Å²) in [6.07, 6.45) is 1.18. The van der Waals surface area contributed by atoms with Gasteiger partial charge in [-0.2, -0.15) is 0 Å². The van der Waals surface area contributed by atoms with Crippen LogP contribution in [0, 0.1) is 0 Å². The Kier molecular flexibility index (Phi) is 2.88. The van der Waals surface area contributed by atoms with Gasteiger partial charge in [0.15, 0.2) is 0 Å². The van der Waals surface area contributed by atoms with E-state index in [4.69, 9.17) is 4.74 Å². The molecule has 80 valence electrons. The number of hydrogen-bond acceptors (Lipinski definition) is 2. The Morgan fingerprint density at radius 3 is 2.75 bits per heavy atom. The Hall–Kier alpha value is -1.87. The van der Waals surface area contributed by atoms with Gasteiger partial charge in [-0.1, -0.05) is 43.0 Å². The normalized spacial score (nSPS) is 10.2. The second-order valence-corrected chi connectivity index (χ2v) is 4.64. The highest BCUT2D eigenvalue weighted by atomic mass is 28.1. The van der Waals surface area contributed by atoms with Crippen LogP contribution in [0.5, 0.6) is 5.75 Å². The van der Waals surface area contributed by atoms with E-state index in [1.54, 1.807) is 0 Å². The molecule has 0 fully saturated rings. The molecule has 2 rings (SSSR count). The highest BCUT2D eigenvalue weighted by Crippen LogP contribution is 2.23. The lowest BCUT2D eigenvalue weighted by Gasteiger charge is -2.09. The van der Waals surface area contributed by atoms with Gasteiger partial charge in [0.2, 0.25) is 0 Å². The van der Waals surface area contributed by atoms with Crippen LogP contribution >= 0.6 is 0 Å². The van der Waals surface area contributed by atoms with Crippen LogP contribution in [-0.4, -0.2) is 16.2 Å². The largest absolute Gasteiger partial charge is 0.423 e. The number of ether oxygens (including phenoxy) is 1. The summed E-state index contributed by atoms with van der Waals surface area (Å²) in [5, 5.41) is 3.13. The summed E-state index contributed by atoms with van der Waals surface area (Å²) in [6.45, 7) is 3.40. The Balaban J connectivity index is 2.61. The molecule has 0 aromatic heterocycles. The summed E-state index contributed by atoms with van der Waals surface area (Å²) in [7, 11) is 0.842. The van der Waals surface area contributed by atoms with E-state index in [1.807, 2.05) is 36.4 Å². The maximum atomic E-state index is 11.3. The van der Waals surface area contributed by atoms with Gasteiger partial charge in [-0.25, -0.2) is 4.79 Å². The smallest absolute Gasteiger partial charge is 0.335 e. The van der Waals surface area contributed by atoms with Gasteiger partial charge in [0.05, 0.1) is 0 Å². The molecule has 0 N–H and O–H groups in total. The van der Waals surface area contributed by atoms with E-state index < -0.39 is 5.97 Å². The molecule has 2 aromatic rings. The quantitative estimate of drug-likeness (QED) is 0.331. The summed E-state index contributed by atoms with van der Waals surface area (Å²) in [6, 6.07) is 11.9. The van der Waals surface area contributed by atoms with Gasteiger partial charge in [0.1, 0.15) is 5.75 Å². The summed E-state index contributed by atoms with van der Waals surface area (Å²) in [5.41, 5.74) is 0. The van der Waals surface area contributed by atoms with Crippen molar-refractivity contribution in [1.82, 2.24) is 0 Å². The predicted octanol–water partition coefficient (Wildman–Crippen LogP) is 0.922. The molecule has 2 aromatic carbocycles. The first-order valence-corrected chi connectivity index (χ1v) is 6.05. The topological polar surface area (TPSA) is 26.3 Å². The lowest BCUT2D eigenvalue weighted by atomic mass is 10.1. The number of fused-ring (bicyclic) bond motifs is 1. The fourth-order valence-corrected chi connectivity index (χ4v) is 2.17. The summed E-state index contributed by atoms with van der Waals surface area (Å²) >= 11 is 0. The van der Waals surface area contributed by atoms with E-state index in [9.17, 15) is 4.79 Å². The minimum Gasteiger partial charge on any atom is -0.423 e. The minimum atomic E-state index is -0.409. The zero-order chi connectivity index (χ0) is 11.5.